The van der Waals surface area contributed by atoms with Gasteiger partial charge in [0.2, 0.25) is 11.8 Å². The van der Waals surface area contributed by atoms with Crippen LogP contribution in [0.3, 0.4) is 0 Å². The van der Waals surface area contributed by atoms with Crippen molar-refractivity contribution in [2.24, 2.45) is 0 Å². The molecule has 1 saturated carbocycles. The lowest BCUT2D eigenvalue weighted by Gasteiger charge is -2.40. The molecule has 0 unspecified atom stereocenters. The highest BCUT2D eigenvalue weighted by atomic mass is 32.2. The Labute approximate surface area is 206 Å². The molecule has 1 saturated heterocycles. The van der Waals surface area contributed by atoms with Crippen molar-refractivity contribution in [1.29, 1.82) is 5.26 Å². The molecule has 194 valence electrons. The van der Waals surface area contributed by atoms with E-state index in [2.05, 4.69) is 20.3 Å². The third-order valence-corrected chi connectivity index (χ3v) is 8.05. The molecule has 3 heterocycles. The average Bonchev–Trinajstić information content (AvgIpc) is 2.82. The summed E-state index contributed by atoms with van der Waals surface area (Å²) in [5.41, 5.74) is -1.94. The second-order valence-electron chi connectivity index (χ2n) is 9.15. The summed E-state index contributed by atoms with van der Waals surface area (Å²) in [6, 6.07) is 5.45. The summed E-state index contributed by atoms with van der Waals surface area (Å²) in [4.78, 5) is 11.9. The van der Waals surface area contributed by atoms with Gasteiger partial charge in [-0.15, -0.1) is 0 Å². The zero-order valence-electron chi connectivity index (χ0n) is 19.3. The standard InChI is InChI=1S/C22H25F3N6O4S/c1-21(32)13-22(24,25)7-5-17(21)35-19-14(10-26)11-28-20(30-19)29-16-6-9-31(12-15(16)23)36(33,34)18-4-2-3-8-27-18/h2-4,8,11,15-17,32H,5-7,9,12-13H2,1H3,(H,28,29,30)/t15-,16+,17+,21-/m0/s1. The Balaban J connectivity index is 1.45. The van der Waals surface area contributed by atoms with Gasteiger partial charge in [-0.2, -0.15) is 14.6 Å². The van der Waals surface area contributed by atoms with Gasteiger partial charge in [-0.3, -0.25) is 0 Å². The average molecular weight is 527 g/mol. The molecule has 14 heteroatoms. The molecule has 2 fully saturated rings. The highest BCUT2D eigenvalue weighted by molar-refractivity contribution is 7.89. The molecule has 36 heavy (non-hydrogen) atoms. The van der Waals surface area contributed by atoms with Crippen LogP contribution in [0.4, 0.5) is 19.1 Å². The number of piperidine rings is 1. The highest BCUT2D eigenvalue weighted by Crippen LogP contribution is 2.41. The highest BCUT2D eigenvalue weighted by Gasteiger charge is 2.49. The van der Waals surface area contributed by atoms with Gasteiger partial charge in [-0.1, -0.05) is 6.07 Å². The van der Waals surface area contributed by atoms with Crippen molar-refractivity contribution in [3.05, 3.63) is 36.2 Å². The van der Waals surface area contributed by atoms with Gasteiger partial charge in [0, 0.05) is 32.1 Å². The Bertz CT molecular complexity index is 1240. The quantitative estimate of drug-likeness (QED) is 0.580. The molecule has 0 bridgehead atoms. The minimum atomic E-state index is -3.95. The number of rotatable bonds is 6. The molecule has 1 aliphatic heterocycles. The van der Waals surface area contributed by atoms with E-state index in [1.165, 1.54) is 25.3 Å². The van der Waals surface area contributed by atoms with Crippen molar-refractivity contribution >= 4 is 16.0 Å². The topological polar surface area (TPSA) is 141 Å². The van der Waals surface area contributed by atoms with E-state index in [9.17, 15) is 32.0 Å². The van der Waals surface area contributed by atoms with Crippen LogP contribution in [0, 0.1) is 11.3 Å². The SMILES string of the molecule is C[C@]1(O)CC(F)(F)CC[C@H]1Oc1nc(N[C@@H]2CCN(S(=O)(=O)c3ccccn3)C[C@@H]2F)ncc1C#N. The molecule has 0 spiro atoms. The van der Waals surface area contributed by atoms with E-state index in [-0.39, 0.29) is 41.8 Å². The van der Waals surface area contributed by atoms with Gasteiger partial charge in [-0.25, -0.2) is 31.6 Å². The van der Waals surface area contributed by atoms with Crippen LogP contribution in [-0.2, 0) is 10.0 Å². The van der Waals surface area contributed by atoms with Gasteiger partial charge in [0.05, 0.1) is 12.2 Å². The summed E-state index contributed by atoms with van der Waals surface area (Å²) < 4.78 is 74.6. The second-order valence-corrected chi connectivity index (χ2v) is 11.0. The first-order valence-corrected chi connectivity index (χ1v) is 12.7. The van der Waals surface area contributed by atoms with E-state index in [1.807, 2.05) is 6.07 Å². The predicted octanol–water partition coefficient (Wildman–Crippen LogP) is 2.27. The molecular formula is C22H25F3N6O4S. The van der Waals surface area contributed by atoms with Gasteiger partial charge in [-0.05, 0) is 31.9 Å². The number of anilines is 1. The Kier molecular flexibility index (Phi) is 7.09. The van der Waals surface area contributed by atoms with Crippen LogP contribution >= 0.6 is 0 Å². The van der Waals surface area contributed by atoms with Crippen LogP contribution in [0.25, 0.3) is 0 Å². The molecule has 2 aromatic heterocycles. The summed E-state index contributed by atoms with van der Waals surface area (Å²) in [6.07, 6.45) is -1.52. The lowest BCUT2D eigenvalue weighted by Crippen LogP contribution is -2.51. The van der Waals surface area contributed by atoms with E-state index in [1.54, 1.807) is 6.07 Å². The predicted molar refractivity (Wildman–Crippen MR) is 121 cm³/mol. The normalized spacial score (nSPS) is 28.7. The summed E-state index contributed by atoms with van der Waals surface area (Å²) in [5, 5.41) is 22.5. The minimum Gasteiger partial charge on any atom is -0.470 e. The Morgan fingerprint density at radius 1 is 1.31 bits per heavy atom. The zero-order chi connectivity index (χ0) is 26.1. The van der Waals surface area contributed by atoms with E-state index in [4.69, 9.17) is 4.74 Å². The number of ether oxygens (including phenoxy) is 1. The van der Waals surface area contributed by atoms with E-state index in [0.717, 1.165) is 10.5 Å². The summed E-state index contributed by atoms with van der Waals surface area (Å²) in [5.74, 6) is -3.34. The van der Waals surface area contributed by atoms with Gasteiger partial charge >= 0.3 is 0 Å². The van der Waals surface area contributed by atoms with Crippen molar-refractivity contribution < 1.29 is 31.4 Å². The molecule has 4 rings (SSSR count). The number of sulfonamides is 1. The molecule has 2 N–H and O–H groups in total. The number of hydrogen-bond donors (Lipinski definition) is 2. The van der Waals surface area contributed by atoms with Crippen LogP contribution in [-0.4, -0.2) is 75.7 Å². The first-order chi connectivity index (χ1) is 16.9. The molecule has 10 nitrogen and oxygen atoms in total. The molecular weight excluding hydrogens is 501 g/mol. The molecule has 4 atom stereocenters. The van der Waals surface area contributed by atoms with Crippen LogP contribution in [0.15, 0.2) is 35.6 Å². The number of aliphatic hydroxyl groups is 1. The molecule has 0 radical (unpaired) electrons. The number of hydrogen-bond acceptors (Lipinski definition) is 9. The largest absolute Gasteiger partial charge is 0.470 e. The van der Waals surface area contributed by atoms with Crippen molar-refractivity contribution in [3.8, 4) is 11.9 Å². The van der Waals surface area contributed by atoms with Crippen LogP contribution in [0.2, 0.25) is 0 Å². The fourth-order valence-corrected chi connectivity index (χ4v) is 5.75. The van der Waals surface area contributed by atoms with Gasteiger partial charge in [0.25, 0.3) is 15.9 Å². The molecule has 2 aliphatic rings. The first kappa shape index (κ1) is 26.1. The summed E-state index contributed by atoms with van der Waals surface area (Å²) in [7, 11) is -3.95. The molecule has 0 aromatic carbocycles. The van der Waals surface area contributed by atoms with Crippen LogP contribution < -0.4 is 10.1 Å². The maximum atomic E-state index is 15.0. The fraction of sp³-hybridized carbons (Fsp3) is 0.545. The fourth-order valence-electron chi connectivity index (χ4n) is 4.36. The van der Waals surface area contributed by atoms with Crippen molar-refractivity contribution in [2.45, 2.75) is 67.5 Å². The third-order valence-electron chi connectivity index (χ3n) is 6.27. The van der Waals surface area contributed by atoms with Gasteiger partial charge < -0.3 is 15.2 Å². The second kappa shape index (κ2) is 9.79. The summed E-state index contributed by atoms with van der Waals surface area (Å²) >= 11 is 0. The van der Waals surface area contributed by atoms with Crippen molar-refractivity contribution in [3.63, 3.8) is 0 Å². The smallest absolute Gasteiger partial charge is 0.260 e. The maximum absolute atomic E-state index is 15.0. The lowest BCUT2D eigenvalue weighted by atomic mass is 9.81. The first-order valence-electron chi connectivity index (χ1n) is 11.3. The number of pyridine rings is 1. The van der Waals surface area contributed by atoms with E-state index in [0.29, 0.717) is 0 Å². The zero-order valence-corrected chi connectivity index (χ0v) is 20.1. The Morgan fingerprint density at radius 2 is 2.08 bits per heavy atom. The lowest BCUT2D eigenvalue weighted by molar-refractivity contribution is -0.162. The van der Waals surface area contributed by atoms with Crippen molar-refractivity contribution in [2.75, 3.05) is 18.4 Å². The van der Waals surface area contributed by atoms with Crippen LogP contribution in [0.1, 0.15) is 38.2 Å². The summed E-state index contributed by atoms with van der Waals surface area (Å²) in [6.45, 7) is 0.850. The molecule has 2 aromatic rings. The number of nitrogens with zero attached hydrogens (tertiary/aromatic N) is 5. The number of halogens is 3. The molecule has 1 aliphatic carbocycles. The Hall–Kier alpha value is -3.02. The monoisotopic (exact) mass is 526 g/mol. The number of nitrogens with one attached hydrogen (secondary N) is 1. The third kappa shape index (κ3) is 5.53. The van der Waals surface area contributed by atoms with E-state index >= 15 is 0 Å². The number of aromatic nitrogens is 3. The van der Waals surface area contributed by atoms with Gasteiger partial charge in [0.15, 0.2) is 5.03 Å². The molecule has 0 amide bonds. The van der Waals surface area contributed by atoms with Gasteiger partial charge in [0.1, 0.15) is 29.5 Å². The Morgan fingerprint density at radius 3 is 2.72 bits per heavy atom. The van der Waals surface area contributed by atoms with E-state index < -0.39 is 59.3 Å². The van der Waals surface area contributed by atoms with Crippen molar-refractivity contribution in [1.82, 2.24) is 19.3 Å². The number of alkyl halides is 3. The number of nitriles is 1. The van der Waals surface area contributed by atoms with Crippen LogP contribution in [0.5, 0.6) is 5.88 Å². The maximum Gasteiger partial charge on any atom is 0.260 e. The minimum absolute atomic E-state index is 0.0236.